The summed E-state index contributed by atoms with van der Waals surface area (Å²) < 4.78 is 0. The molecule has 1 amide bonds. The molecule has 0 saturated carbocycles. The minimum atomic E-state index is 0. The second-order valence-corrected chi connectivity index (χ2v) is 5.02. The van der Waals surface area contributed by atoms with Crippen LogP contribution in [0.1, 0.15) is 11.1 Å². The lowest BCUT2D eigenvalue weighted by Gasteiger charge is -2.35. The minimum absolute atomic E-state index is 0. The zero-order chi connectivity index (χ0) is 13.1. The molecule has 0 aromatic heterocycles. The third kappa shape index (κ3) is 3.93. The van der Waals surface area contributed by atoms with Gasteiger partial charge in [0.15, 0.2) is 0 Å². The highest BCUT2D eigenvalue weighted by molar-refractivity contribution is 5.93. The van der Waals surface area contributed by atoms with Crippen LogP contribution < -0.4 is 10.6 Å². The molecular formula is C14H22ClN3O. The van der Waals surface area contributed by atoms with Gasteiger partial charge >= 0.3 is 0 Å². The van der Waals surface area contributed by atoms with Crippen LogP contribution in [0.5, 0.6) is 0 Å². The third-order valence-corrected chi connectivity index (χ3v) is 3.65. The fourth-order valence-electron chi connectivity index (χ4n) is 2.02. The van der Waals surface area contributed by atoms with Gasteiger partial charge in [-0.3, -0.25) is 9.69 Å². The van der Waals surface area contributed by atoms with E-state index in [2.05, 4.69) is 28.5 Å². The van der Waals surface area contributed by atoms with E-state index in [4.69, 9.17) is 0 Å². The zero-order valence-electron chi connectivity index (χ0n) is 11.7. The van der Waals surface area contributed by atoms with Crippen molar-refractivity contribution in [2.45, 2.75) is 19.9 Å². The number of hydrogen-bond donors (Lipinski definition) is 2. The highest BCUT2D eigenvalue weighted by atomic mass is 35.5. The Morgan fingerprint density at radius 3 is 2.68 bits per heavy atom. The number of anilines is 1. The second-order valence-electron chi connectivity index (χ2n) is 5.02. The molecule has 1 aliphatic heterocycles. The molecule has 1 aromatic carbocycles. The molecule has 0 unspecified atom stereocenters. The van der Waals surface area contributed by atoms with Gasteiger partial charge in [-0.25, -0.2) is 0 Å². The van der Waals surface area contributed by atoms with Crippen molar-refractivity contribution in [3.8, 4) is 0 Å². The first kappa shape index (κ1) is 16.0. The van der Waals surface area contributed by atoms with Gasteiger partial charge < -0.3 is 10.6 Å². The number of hydrogen-bond acceptors (Lipinski definition) is 3. The molecule has 0 aliphatic carbocycles. The SMILES string of the molecule is Cc1cccc(NC(=O)CN(C)C2CNC2)c1C.Cl. The number of likely N-dealkylation sites (N-methyl/N-ethyl adjacent to an activating group) is 1. The van der Waals surface area contributed by atoms with Crippen molar-refractivity contribution in [2.24, 2.45) is 0 Å². The lowest BCUT2D eigenvalue weighted by atomic mass is 10.1. The summed E-state index contributed by atoms with van der Waals surface area (Å²) >= 11 is 0. The fourth-order valence-corrected chi connectivity index (χ4v) is 2.02. The smallest absolute Gasteiger partial charge is 0.238 e. The summed E-state index contributed by atoms with van der Waals surface area (Å²) in [5.74, 6) is 0.0538. The molecule has 4 nitrogen and oxygen atoms in total. The van der Waals surface area contributed by atoms with Crippen LogP contribution in [0.25, 0.3) is 0 Å². The molecule has 1 aliphatic rings. The first-order chi connectivity index (χ1) is 8.58. The Bertz CT molecular complexity index is 446. The maximum absolute atomic E-state index is 12.0. The van der Waals surface area contributed by atoms with Crippen molar-refractivity contribution in [3.05, 3.63) is 29.3 Å². The molecule has 1 aromatic rings. The van der Waals surface area contributed by atoms with E-state index in [-0.39, 0.29) is 18.3 Å². The Morgan fingerprint density at radius 2 is 2.11 bits per heavy atom. The standard InChI is InChI=1S/C14H21N3O.ClH/c1-10-5-4-6-13(11(10)2)16-14(18)9-17(3)12-7-15-8-12;/h4-6,12,15H,7-9H2,1-3H3,(H,16,18);1H. The highest BCUT2D eigenvalue weighted by Gasteiger charge is 2.22. The number of nitrogens with zero attached hydrogens (tertiary/aromatic N) is 1. The topological polar surface area (TPSA) is 44.4 Å². The number of carbonyl (C=O) groups is 1. The monoisotopic (exact) mass is 283 g/mol. The number of amides is 1. The molecule has 0 radical (unpaired) electrons. The molecule has 1 saturated heterocycles. The summed E-state index contributed by atoms with van der Waals surface area (Å²) in [4.78, 5) is 14.1. The van der Waals surface area contributed by atoms with E-state index in [1.54, 1.807) is 0 Å². The molecule has 19 heavy (non-hydrogen) atoms. The quantitative estimate of drug-likeness (QED) is 0.882. The van der Waals surface area contributed by atoms with E-state index in [0.29, 0.717) is 12.6 Å². The predicted molar refractivity (Wildman–Crippen MR) is 81.1 cm³/mol. The zero-order valence-corrected chi connectivity index (χ0v) is 12.5. The van der Waals surface area contributed by atoms with Crippen molar-refractivity contribution in [1.29, 1.82) is 0 Å². The summed E-state index contributed by atoms with van der Waals surface area (Å²) in [5.41, 5.74) is 3.25. The Hall–Kier alpha value is -1.10. The van der Waals surface area contributed by atoms with Crippen LogP contribution in [-0.2, 0) is 4.79 Å². The average Bonchev–Trinajstić information content (AvgIpc) is 2.22. The van der Waals surface area contributed by atoms with Gasteiger partial charge in [0.1, 0.15) is 0 Å². The summed E-state index contributed by atoms with van der Waals surface area (Å²) in [7, 11) is 1.99. The van der Waals surface area contributed by atoms with E-state index >= 15 is 0 Å². The highest BCUT2D eigenvalue weighted by Crippen LogP contribution is 2.17. The number of nitrogens with one attached hydrogen (secondary N) is 2. The lowest BCUT2D eigenvalue weighted by molar-refractivity contribution is -0.117. The Kier molecular flexibility index (Phi) is 5.79. The molecule has 0 bridgehead atoms. The molecule has 0 spiro atoms. The van der Waals surface area contributed by atoms with E-state index in [0.717, 1.165) is 24.3 Å². The molecule has 5 heteroatoms. The normalized spacial score (nSPS) is 14.7. The first-order valence-corrected chi connectivity index (χ1v) is 6.35. The Balaban J connectivity index is 0.00000180. The molecule has 106 valence electrons. The van der Waals surface area contributed by atoms with Crippen LogP contribution >= 0.6 is 12.4 Å². The lowest BCUT2D eigenvalue weighted by Crippen LogP contribution is -2.57. The second kappa shape index (κ2) is 6.89. The van der Waals surface area contributed by atoms with Crippen LogP contribution in [-0.4, -0.2) is 43.5 Å². The van der Waals surface area contributed by atoms with Crippen LogP contribution in [0.2, 0.25) is 0 Å². The Morgan fingerprint density at radius 1 is 1.42 bits per heavy atom. The number of benzene rings is 1. The van der Waals surface area contributed by atoms with Crippen LogP contribution in [0, 0.1) is 13.8 Å². The summed E-state index contributed by atoms with van der Waals surface area (Å²) in [6, 6.07) is 6.47. The summed E-state index contributed by atoms with van der Waals surface area (Å²) in [6.45, 7) is 6.49. The first-order valence-electron chi connectivity index (χ1n) is 6.35. The van der Waals surface area contributed by atoms with E-state index in [9.17, 15) is 4.79 Å². The van der Waals surface area contributed by atoms with Crippen LogP contribution in [0.15, 0.2) is 18.2 Å². The number of aryl methyl sites for hydroxylation is 1. The van der Waals surface area contributed by atoms with Gasteiger partial charge in [-0.2, -0.15) is 0 Å². The molecular weight excluding hydrogens is 262 g/mol. The summed E-state index contributed by atoms with van der Waals surface area (Å²) in [6.07, 6.45) is 0. The van der Waals surface area contributed by atoms with Gasteiger partial charge in [0, 0.05) is 24.8 Å². The number of carbonyl (C=O) groups excluding carboxylic acids is 1. The van der Waals surface area contributed by atoms with E-state index in [1.165, 1.54) is 5.56 Å². The molecule has 2 N–H and O–H groups in total. The van der Waals surface area contributed by atoms with Crippen molar-refractivity contribution in [3.63, 3.8) is 0 Å². The van der Waals surface area contributed by atoms with Gasteiger partial charge in [0.25, 0.3) is 0 Å². The van der Waals surface area contributed by atoms with Gasteiger partial charge in [0.2, 0.25) is 5.91 Å². The van der Waals surface area contributed by atoms with Crippen molar-refractivity contribution < 1.29 is 4.79 Å². The Labute approximate surface area is 121 Å². The minimum Gasteiger partial charge on any atom is -0.325 e. The van der Waals surface area contributed by atoms with Crippen LogP contribution in [0.4, 0.5) is 5.69 Å². The van der Waals surface area contributed by atoms with Gasteiger partial charge in [-0.05, 0) is 38.1 Å². The molecule has 1 fully saturated rings. The summed E-state index contributed by atoms with van der Waals surface area (Å²) in [5, 5.41) is 6.19. The van der Waals surface area contributed by atoms with Crippen molar-refractivity contribution in [1.82, 2.24) is 10.2 Å². The van der Waals surface area contributed by atoms with Crippen LogP contribution in [0.3, 0.4) is 0 Å². The van der Waals surface area contributed by atoms with Crippen molar-refractivity contribution >= 4 is 24.0 Å². The van der Waals surface area contributed by atoms with Gasteiger partial charge in [-0.1, -0.05) is 12.1 Å². The van der Waals surface area contributed by atoms with Gasteiger partial charge in [0.05, 0.1) is 6.54 Å². The number of halogens is 1. The maximum atomic E-state index is 12.0. The number of rotatable bonds is 4. The largest absolute Gasteiger partial charge is 0.325 e. The fraction of sp³-hybridized carbons (Fsp3) is 0.500. The molecule has 2 rings (SSSR count). The third-order valence-electron chi connectivity index (χ3n) is 3.65. The van der Waals surface area contributed by atoms with Gasteiger partial charge in [-0.15, -0.1) is 12.4 Å². The predicted octanol–water partition coefficient (Wildman–Crippen LogP) is 1.57. The van der Waals surface area contributed by atoms with Crippen molar-refractivity contribution in [2.75, 3.05) is 32.0 Å². The van der Waals surface area contributed by atoms with E-state index in [1.807, 2.05) is 26.1 Å². The van der Waals surface area contributed by atoms with E-state index < -0.39 is 0 Å². The average molecular weight is 284 g/mol. The maximum Gasteiger partial charge on any atom is 0.238 e. The molecule has 0 atom stereocenters. The molecule has 1 heterocycles.